The average Bonchev–Trinajstić information content (AvgIpc) is 2.89. The molecule has 2 N–H and O–H groups in total. The summed E-state index contributed by atoms with van der Waals surface area (Å²) in [6, 6.07) is 0.00107. The van der Waals surface area contributed by atoms with Crippen molar-refractivity contribution in [1.29, 1.82) is 0 Å². The van der Waals surface area contributed by atoms with Crippen LogP contribution in [0.2, 0.25) is 0 Å². The number of hydrogen-bond acceptors (Lipinski definition) is 3. The quantitative estimate of drug-likeness (QED) is 0.742. The summed E-state index contributed by atoms with van der Waals surface area (Å²) in [6.07, 6.45) is 6.78. The van der Waals surface area contributed by atoms with Gasteiger partial charge in [0.1, 0.15) is 0 Å². The summed E-state index contributed by atoms with van der Waals surface area (Å²) in [5.41, 5.74) is 0. The van der Waals surface area contributed by atoms with Crippen LogP contribution in [0.25, 0.3) is 0 Å². The number of nitrogens with one attached hydrogen (secondary N) is 1. The van der Waals surface area contributed by atoms with Gasteiger partial charge in [0.25, 0.3) is 0 Å². The lowest BCUT2D eigenvalue weighted by molar-refractivity contribution is -0.145. The SMILES string of the molecule is O=C(O)C[C@@H]1C/C=C/CCC(=O)NC[C@@H]2CCCN2C1=O. The highest BCUT2D eigenvalue weighted by Gasteiger charge is 2.33. The highest BCUT2D eigenvalue weighted by molar-refractivity contribution is 5.84. The maximum Gasteiger partial charge on any atom is 0.304 e. The number of hydrogen-bond donors (Lipinski definition) is 2. The number of carbonyl (C=O) groups excluding carboxylic acids is 2. The molecule has 0 radical (unpaired) electrons. The van der Waals surface area contributed by atoms with Gasteiger partial charge >= 0.3 is 5.97 Å². The van der Waals surface area contributed by atoms with E-state index >= 15 is 0 Å². The van der Waals surface area contributed by atoms with Crippen LogP contribution in [-0.4, -0.2) is 46.9 Å². The van der Waals surface area contributed by atoms with E-state index in [9.17, 15) is 14.4 Å². The van der Waals surface area contributed by atoms with Crippen molar-refractivity contribution in [3.8, 4) is 0 Å². The number of allylic oxidation sites excluding steroid dienone is 2. The summed E-state index contributed by atoms with van der Waals surface area (Å²) < 4.78 is 0. The molecule has 116 valence electrons. The van der Waals surface area contributed by atoms with Crippen LogP contribution in [0.4, 0.5) is 0 Å². The molecular weight excluding hydrogens is 272 g/mol. The first kappa shape index (κ1) is 15.5. The van der Waals surface area contributed by atoms with E-state index in [1.165, 1.54) is 0 Å². The second kappa shape index (κ2) is 7.24. The fourth-order valence-corrected chi connectivity index (χ4v) is 2.97. The highest BCUT2D eigenvalue weighted by Crippen LogP contribution is 2.23. The van der Waals surface area contributed by atoms with E-state index in [4.69, 9.17) is 5.11 Å². The summed E-state index contributed by atoms with van der Waals surface area (Å²) in [5, 5.41) is 11.9. The van der Waals surface area contributed by atoms with Gasteiger partial charge in [-0.25, -0.2) is 0 Å². The monoisotopic (exact) mass is 294 g/mol. The highest BCUT2D eigenvalue weighted by atomic mass is 16.4. The van der Waals surface area contributed by atoms with Crippen LogP contribution in [0.1, 0.15) is 38.5 Å². The molecule has 1 saturated heterocycles. The second-order valence-corrected chi connectivity index (χ2v) is 5.67. The minimum absolute atomic E-state index is 0.00107. The van der Waals surface area contributed by atoms with Crippen molar-refractivity contribution in [2.75, 3.05) is 13.1 Å². The Morgan fingerprint density at radius 3 is 2.95 bits per heavy atom. The van der Waals surface area contributed by atoms with Gasteiger partial charge in [-0.15, -0.1) is 0 Å². The van der Waals surface area contributed by atoms with Gasteiger partial charge in [0.05, 0.1) is 12.3 Å². The van der Waals surface area contributed by atoms with Gasteiger partial charge in [0.15, 0.2) is 0 Å². The molecule has 0 aromatic rings. The van der Waals surface area contributed by atoms with E-state index in [2.05, 4.69) is 5.32 Å². The molecule has 0 aliphatic carbocycles. The Balaban J connectivity index is 2.14. The predicted molar refractivity (Wildman–Crippen MR) is 76.5 cm³/mol. The van der Waals surface area contributed by atoms with Gasteiger partial charge < -0.3 is 15.3 Å². The smallest absolute Gasteiger partial charge is 0.304 e. The van der Waals surface area contributed by atoms with Gasteiger partial charge in [0.2, 0.25) is 11.8 Å². The molecule has 21 heavy (non-hydrogen) atoms. The Morgan fingerprint density at radius 2 is 2.19 bits per heavy atom. The minimum atomic E-state index is -0.946. The molecule has 0 aromatic carbocycles. The second-order valence-electron chi connectivity index (χ2n) is 5.67. The number of carbonyl (C=O) groups is 3. The lowest BCUT2D eigenvalue weighted by atomic mass is 9.98. The van der Waals surface area contributed by atoms with Crippen molar-refractivity contribution >= 4 is 17.8 Å². The number of amides is 2. The van der Waals surface area contributed by atoms with Crippen molar-refractivity contribution in [2.24, 2.45) is 5.92 Å². The van der Waals surface area contributed by atoms with Crippen LogP contribution in [0, 0.1) is 5.92 Å². The van der Waals surface area contributed by atoms with E-state index in [-0.39, 0.29) is 24.3 Å². The minimum Gasteiger partial charge on any atom is -0.481 e. The number of rotatable bonds is 2. The van der Waals surface area contributed by atoms with Crippen LogP contribution in [0.3, 0.4) is 0 Å². The summed E-state index contributed by atoms with van der Waals surface area (Å²) in [6.45, 7) is 1.12. The average molecular weight is 294 g/mol. The van der Waals surface area contributed by atoms with Crippen molar-refractivity contribution in [3.05, 3.63) is 12.2 Å². The molecule has 2 heterocycles. The molecule has 0 aromatic heterocycles. The predicted octanol–water partition coefficient (Wildman–Crippen LogP) is 0.925. The number of carboxylic acid groups (broad SMARTS) is 1. The molecule has 2 rings (SSSR count). The van der Waals surface area contributed by atoms with Crippen LogP contribution in [-0.2, 0) is 14.4 Å². The van der Waals surface area contributed by atoms with Crippen molar-refractivity contribution in [2.45, 2.75) is 44.6 Å². The number of nitrogens with zero attached hydrogens (tertiary/aromatic N) is 1. The maximum absolute atomic E-state index is 12.6. The van der Waals surface area contributed by atoms with Crippen LogP contribution < -0.4 is 5.32 Å². The summed E-state index contributed by atoms with van der Waals surface area (Å²) in [5.74, 6) is -1.55. The lowest BCUT2D eigenvalue weighted by Gasteiger charge is -2.28. The molecule has 1 fully saturated rings. The maximum atomic E-state index is 12.6. The molecule has 6 nitrogen and oxygen atoms in total. The number of fused-ring (bicyclic) bond motifs is 1. The zero-order valence-electron chi connectivity index (χ0n) is 12.1. The third-order valence-corrected chi connectivity index (χ3v) is 4.09. The number of carboxylic acids is 1. The molecule has 0 saturated carbocycles. The topological polar surface area (TPSA) is 86.7 Å². The van der Waals surface area contributed by atoms with Gasteiger partial charge in [-0.1, -0.05) is 12.2 Å². The van der Waals surface area contributed by atoms with Crippen LogP contribution in [0.5, 0.6) is 0 Å². The zero-order valence-corrected chi connectivity index (χ0v) is 12.1. The zero-order chi connectivity index (χ0) is 15.2. The van der Waals surface area contributed by atoms with Gasteiger partial charge in [-0.05, 0) is 25.7 Å². The van der Waals surface area contributed by atoms with Gasteiger partial charge in [-0.2, -0.15) is 0 Å². The van der Waals surface area contributed by atoms with E-state index in [1.807, 2.05) is 12.2 Å². The van der Waals surface area contributed by atoms with Crippen molar-refractivity contribution in [3.63, 3.8) is 0 Å². The largest absolute Gasteiger partial charge is 0.481 e. The Morgan fingerprint density at radius 1 is 1.38 bits per heavy atom. The van der Waals surface area contributed by atoms with E-state index in [0.717, 1.165) is 12.8 Å². The molecule has 2 amide bonds. The van der Waals surface area contributed by atoms with Gasteiger partial charge in [-0.3, -0.25) is 14.4 Å². The van der Waals surface area contributed by atoms with E-state index in [0.29, 0.717) is 32.4 Å². The molecular formula is C15H22N2O4. The Hall–Kier alpha value is -1.85. The molecule has 0 unspecified atom stereocenters. The first-order valence-electron chi connectivity index (χ1n) is 7.52. The Kier molecular flexibility index (Phi) is 5.36. The first-order chi connectivity index (χ1) is 10.1. The lowest BCUT2D eigenvalue weighted by Crippen LogP contribution is -2.45. The molecule has 0 spiro atoms. The molecule has 0 bridgehead atoms. The fraction of sp³-hybridized carbons (Fsp3) is 0.667. The van der Waals surface area contributed by atoms with Crippen LogP contribution >= 0.6 is 0 Å². The van der Waals surface area contributed by atoms with Crippen molar-refractivity contribution in [1.82, 2.24) is 10.2 Å². The third kappa shape index (κ3) is 4.31. The molecule has 6 heteroatoms. The first-order valence-corrected chi connectivity index (χ1v) is 7.52. The van der Waals surface area contributed by atoms with Gasteiger partial charge in [0, 0.05) is 25.6 Å². The Bertz CT molecular complexity index is 447. The summed E-state index contributed by atoms with van der Waals surface area (Å²) >= 11 is 0. The standard InChI is InChI=1S/C15H22N2O4/c18-13-7-3-1-2-5-11(9-14(19)20)15(21)17-8-4-6-12(17)10-16-13/h1-2,11-12H,3-10H2,(H,16,18)(H,19,20)/b2-1+/t11-,12-/m0/s1. The summed E-state index contributed by atoms with van der Waals surface area (Å²) in [4.78, 5) is 37.0. The summed E-state index contributed by atoms with van der Waals surface area (Å²) in [7, 11) is 0. The molecule has 2 aliphatic rings. The Labute approximate surface area is 124 Å². The molecule has 2 atom stereocenters. The van der Waals surface area contributed by atoms with E-state index in [1.54, 1.807) is 4.90 Å². The molecule has 2 aliphatic heterocycles. The van der Waals surface area contributed by atoms with Crippen LogP contribution in [0.15, 0.2) is 12.2 Å². The van der Waals surface area contributed by atoms with E-state index < -0.39 is 11.9 Å². The third-order valence-electron chi connectivity index (χ3n) is 4.09. The van der Waals surface area contributed by atoms with Crippen molar-refractivity contribution < 1.29 is 19.5 Å². The normalized spacial score (nSPS) is 29.0. The number of aliphatic carboxylic acids is 1. The fourth-order valence-electron chi connectivity index (χ4n) is 2.97.